The molecule has 0 aliphatic carbocycles. The van der Waals surface area contributed by atoms with Crippen LogP contribution in [0.3, 0.4) is 0 Å². The third-order valence-corrected chi connectivity index (χ3v) is 7.81. The van der Waals surface area contributed by atoms with E-state index in [1.54, 1.807) is 0 Å². The Morgan fingerprint density at radius 3 is 1.91 bits per heavy atom. The van der Waals surface area contributed by atoms with Crippen LogP contribution in [-0.4, -0.2) is 30.6 Å². The van der Waals surface area contributed by atoms with Crippen LogP contribution in [0, 0.1) is 0 Å². The first-order valence-electron chi connectivity index (χ1n) is 12.7. The highest BCUT2D eigenvalue weighted by atomic mass is 127. The van der Waals surface area contributed by atoms with Crippen molar-refractivity contribution in [2.45, 2.75) is 38.5 Å². The smallest absolute Gasteiger partial charge is 0.292 e. The predicted molar refractivity (Wildman–Crippen MR) is 138 cm³/mol. The average molecular weight is 562 g/mol. The van der Waals surface area contributed by atoms with Crippen LogP contribution in [0.1, 0.15) is 38.5 Å². The normalized spacial score (nSPS) is 17.1. The second-order valence-electron chi connectivity index (χ2n) is 9.87. The molecule has 0 unspecified atom stereocenters. The number of benzene rings is 2. The van der Waals surface area contributed by atoms with Crippen LogP contribution >= 0.6 is 0 Å². The van der Waals surface area contributed by atoms with Gasteiger partial charge in [-0.2, -0.15) is 8.80 Å². The molecule has 174 valence electrons. The van der Waals surface area contributed by atoms with Gasteiger partial charge in [0.15, 0.2) is 5.52 Å². The lowest BCUT2D eigenvalue weighted by molar-refractivity contribution is -0.479. The minimum absolute atomic E-state index is 0. The monoisotopic (exact) mass is 562 g/mol. The highest BCUT2D eigenvalue weighted by molar-refractivity contribution is 5.88. The minimum Gasteiger partial charge on any atom is -1.00 e. The summed E-state index contributed by atoms with van der Waals surface area (Å²) in [7, 11) is 0. The van der Waals surface area contributed by atoms with Crippen LogP contribution < -0.4 is 38.2 Å². The van der Waals surface area contributed by atoms with Gasteiger partial charge in [-0.05, 0) is 93.1 Å². The van der Waals surface area contributed by atoms with Crippen molar-refractivity contribution in [3.05, 3.63) is 66.9 Å². The molecule has 2 aliphatic rings. The fourth-order valence-corrected chi connectivity index (χ4v) is 6.03. The summed E-state index contributed by atoms with van der Waals surface area (Å²) >= 11 is 0. The molecule has 2 aromatic carbocycles. The Bertz CT molecular complexity index is 1490. The van der Waals surface area contributed by atoms with Gasteiger partial charge in [0.1, 0.15) is 17.2 Å². The maximum absolute atomic E-state index is 2.54. The Morgan fingerprint density at radius 1 is 0.588 bits per heavy atom. The summed E-state index contributed by atoms with van der Waals surface area (Å²) in [5.41, 5.74) is 7.73. The van der Waals surface area contributed by atoms with Crippen molar-refractivity contribution in [1.29, 1.82) is 0 Å². The Kier molecular flexibility index (Phi) is 5.76. The number of hydrogen-bond donors (Lipinski definition) is 0. The maximum Gasteiger partial charge on any atom is 0.292 e. The van der Waals surface area contributed by atoms with Crippen molar-refractivity contribution >= 4 is 44.3 Å². The van der Waals surface area contributed by atoms with Crippen molar-refractivity contribution < 1.29 is 28.4 Å². The van der Waals surface area contributed by atoms with E-state index in [1.807, 2.05) is 0 Å². The molecule has 5 aromatic rings. The molecule has 2 fully saturated rings. The zero-order chi connectivity index (χ0) is 21.8. The molecule has 0 bridgehead atoms. The molecule has 0 atom stereocenters. The van der Waals surface area contributed by atoms with E-state index in [9.17, 15) is 0 Å². The fourth-order valence-electron chi connectivity index (χ4n) is 6.03. The minimum atomic E-state index is 0. The summed E-state index contributed by atoms with van der Waals surface area (Å²) in [5.74, 6) is 0. The molecular formula is C29H31IN4. The van der Waals surface area contributed by atoms with E-state index in [1.165, 1.54) is 109 Å². The van der Waals surface area contributed by atoms with Crippen molar-refractivity contribution in [2.75, 3.05) is 36.0 Å². The van der Waals surface area contributed by atoms with Gasteiger partial charge in [-0.3, -0.25) is 0 Å². The number of rotatable bonds is 2. The molecule has 2 aliphatic heterocycles. The van der Waals surface area contributed by atoms with Crippen molar-refractivity contribution in [3.8, 4) is 0 Å². The summed E-state index contributed by atoms with van der Waals surface area (Å²) < 4.78 is 4.77. The molecule has 3 aromatic heterocycles. The van der Waals surface area contributed by atoms with E-state index in [0.29, 0.717) is 0 Å². The van der Waals surface area contributed by atoms with Gasteiger partial charge in [-0.15, -0.1) is 0 Å². The summed E-state index contributed by atoms with van der Waals surface area (Å²) in [4.78, 5) is 5.09. The van der Waals surface area contributed by atoms with Gasteiger partial charge in [0.2, 0.25) is 0 Å². The van der Waals surface area contributed by atoms with E-state index in [4.69, 9.17) is 0 Å². The average Bonchev–Trinajstić information content (AvgIpc) is 3.29. The largest absolute Gasteiger partial charge is 1.00 e. The molecule has 5 heteroatoms. The number of imidazole rings is 1. The number of aromatic nitrogens is 2. The molecule has 0 spiro atoms. The lowest BCUT2D eigenvalue weighted by atomic mass is 10.1. The standard InChI is InChI=1S/C29H31N4.HI/c1-3-15-30(16-4-1)24-10-12-27-22(19-24)8-14-29-32(27)21-26-9-7-23-20-25(11-13-28(23)33(26)29)31-17-5-2-6-18-31;/h7-14,19-21H,1-6,15-18H2;1H/q+1;/p-1. The van der Waals surface area contributed by atoms with Crippen molar-refractivity contribution in [3.63, 3.8) is 0 Å². The zero-order valence-electron chi connectivity index (χ0n) is 19.6. The van der Waals surface area contributed by atoms with Gasteiger partial charge in [-0.1, -0.05) is 0 Å². The van der Waals surface area contributed by atoms with Crippen LogP contribution in [0.5, 0.6) is 0 Å². The molecule has 2 saturated heterocycles. The van der Waals surface area contributed by atoms with Crippen LogP contribution in [-0.2, 0) is 0 Å². The van der Waals surface area contributed by atoms with E-state index in [2.05, 4.69) is 85.5 Å². The first-order valence-corrected chi connectivity index (χ1v) is 12.7. The van der Waals surface area contributed by atoms with Crippen molar-refractivity contribution in [1.82, 2.24) is 4.40 Å². The van der Waals surface area contributed by atoms with Crippen LogP contribution in [0.25, 0.3) is 33.0 Å². The Balaban J connectivity index is 0.00000217. The summed E-state index contributed by atoms with van der Waals surface area (Å²) in [6, 6.07) is 23.1. The van der Waals surface area contributed by atoms with Gasteiger partial charge in [0.05, 0.1) is 0 Å². The molecule has 5 heterocycles. The maximum atomic E-state index is 2.54. The number of piperidine rings is 2. The number of nitrogens with zero attached hydrogens (tertiary/aromatic N) is 4. The van der Waals surface area contributed by atoms with Gasteiger partial charge >= 0.3 is 0 Å². The Morgan fingerprint density at radius 2 is 1.21 bits per heavy atom. The second kappa shape index (κ2) is 8.91. The van der Waals surface area contributed by atoms with Crippen LogP contribution in [0.2, 0.25) is 0 Å². The molecule has 4 nitrogen and oxygen atoms in total. The molecule has 34 heavy (non-hydrogen) atoms. The number of halogens is 1. The predicted octanol–water partition coefficient (Wildman–Crippen LogP) is 2.97. The summed E-state index contributed by atoms with van der Waals surface area (Å²) in [5, 5.41) is 2.62. The van der Waals surface area contributed by atoms with E-state index in [-0.39, 0.29) is 24.0 Å². The molecule has 7 rings (SSSR count). The number of pyridine rings is 2. The van der Waals surface area contributed by atoms with Gasteiger partial charge in [-0.25, -0.2) is 0 Å². The zero-order valence-corrected chi connectivity index (χ0v) is 21.7. The number of hydrogen-bond acceptors (Lipinski definition) is 2. The van der Waals surface area contributed by atoms with E-state index < -0.39 is 0 Å². The first-order chi connectivity index (χ1) is 16.3. The lowest BCUT2D eigenvalue weighted by Crippen LogP contribution is -3.00. The van der Waals surface area contributed by atoms with Gasteiger partial charge in [0.25, 0.3) is 5.65 Å². The topological polar surface area (TPSA) is 15.0 Å². The molecule has 0 radical (unpaired) electrons. The summed E-state index contributed by atoms with van der Waals surface area (Å²) in [6.07, 6.45) is 10.3. The highest BCUT2D eigenvalue weighted by Crippen LogP contribution is 2.28. The molecular weight excluding hydrogens is 531 g/mol. The van der Waals surface area contributed by atoms with Gasteiger partial charge < -0.3 is 33.8 Å². The van der Waals surface area contributed by atoms with Crippen LogP contribution in [0.4, 0.5) is 11.4 Å². The second-order valence-corrected chi connectivity index (χ2v) is 9.87. The molecule has 0 amide bonds. The molecule has 0 N–H and O–H groups in total. The van der Waals surface area contributed by atoms with E-state index in [0.717, 1.165) is 0 Å². The van der Waals surface area contributed by atoms with Crippen molar-refractivity contribution in [2.24, 2.45) is 0 Å². The Labute approximate surface area is 217 Å². The number of anilines is 2. The SMILES string of the molecule is [I-].c1cc2c(ccc3c[n+]4c5ccc(N6CCCCC6)cc5ccc4n32)cc1N1CCCCC1. The quantitative estimate of drug-likeness (QED) is 0.243. The van der Waals surface area contributed by atoms with Crippen LogP contribution in [0.15, 0.2) is 66.9 Å². The first kappa shape index (κ1) is 22.0. The van der Waals surface area contributed by atoms with Gasteiger partial charge in [0, 0.05) is 54.4 Å². The summed E-state index contributed by atoms with van der Waals surface area (Å²) in [6.45, 7) is 4.73. The third-order valence-electron chi connectivity index (χ3n) is 7.81. The lowest BCUT2D eigenvalue weighted by Gasteiger charge is -2.28. The third kappa shape index (κ3) is 3.60. The highest BCUT2D eigenvalue weighted by Gasteiger charge is 2.19. The molecule has 0 saturated carbocycles. The van der Waals surface area contributed by atoms with E-state index >= 15 is 0 Å². The Hall–Kier alpha value is -2.54. The fraction of sp³-hybridized carbons (Fsp3) is 0.345. The number of fused-ring (bicyclic) bond motifs is 7.